The Balaban J connectivity index is 1.59. The largest absolute Gasteiger partial charge is 0.495 e. The van der Waals surface area contributed by atoms with Crippen molar-refractivity contribution in [3.05, 3.63) is 88.9 Å². The number of amides is 3. The van der Waals surface area contributed by atoms with Crippen molar-refractivity contribution >= 4 is 46.6 Å². The molecule has 2 N–H and O–H groups in total. The Morgan fingerprint density at radius 1 is 0.947 bits per heavy atom. The number of hydrogen-bond acceptors (Lipinski definition) is 4. The Bertz CT molecular complexity index is 1440. The topological polar surface area (TPSA) is 88.5 Å². The predicted molar refractivity (Wildman–Crippen MR) is 152 cm³/mol. The highest BCUT2D eigenvalue weighted by atomic mass is 35.5. The van der Waals surface area contributed by atoms with Crippen molar-refractivity contribution in [1.82, 2.24) is 14.7 Å². The normalized spacial score (nSPS) is 10.8. The van der Waals surface area contributed by atoms with Crippen LogP contribution in [-0.2, 0) is 4.79 Å². The lowest BCUT2D eigenvalue weighted by Crippen LogP contribution is -2.44. The summed E-state index contributed by atoms with van der Waals surface area (Å²) in [6.45, 7) is 3.48. The van der Waals surface area contributed by atoms with Gasteiger partial charge in [0.15, 0.2) is 0 Å². The number of carbonyl (C=O) groups excluding carboxylic acids is 2. The molecule has 3 amide bonds. The van der Waals surface area contributed by atoms with Crippen LogP contribution in [0.2, 0.25) is 10.0 Å². The minimum atomic E-state index is -0.428. The second kappa shape index (κ2) is 12.0. The number of methoxy groups -OCH3 is 1. The average Bonchev–Trinajstić information content (AvgIpc) is 3.33. The van der Waals surface area contributed by atoms with Gasteiger partial charge in [-0.15, -0.1) is 0 Å². The summed E-state index contributed by atoms with van der Waals surface area (Å²) >= 11 is 12.4. The summed E-state index contributed by atoms with van der Waals surface area (Å²) in [5, 5.41) is 11.2. The van der Waals surface area contributed by atoms with E-state index in [9.17, 15) is 9.59 Å². The average molecular weight is 552 g/mol. The van der Waals surface area contributed by atoms with Crippen LogP contribution in [-0.4, -0.2) is 46.3 Å². The number of hydrogen-bond donors (Lipinski definition) is 2. The van der Waals surface area contributed by atoms with Gasteiger partial charge in [0.1, 0.15) is 18.1 Å². The number of anilines is 2. The highest BCUT2D eigenvalue weighted by molar-refractivity contribution is 6.42. The van der Waals surface area contributed by atoms with Crippen molar-refractivity contribution in [2.75, 3.05) is 24.3 Å². The van der Waals surface area contributed by atoms with E-state index in [0.29, 0.717) is 38.7 Å². The standard InChI is InChI=1S/C28H27Cl2N5O3/c1-18(2)34(28(37)31-23-11-7-8-12-25(23)38-3)17-27(36)32-26-16-24(19-9-5-4-6-10-19)33-35(26)20-13-14-21(29)22(30)15-20/h4-16,18H,17H2,1-3H3,(H,31,37)(H,32,36). The molecule has 0 saturated carbocycles. The molecule has 0 bridgehead atoms. The molecule has 0 saturated heterocycles. The number of urea groups is 1. The summed E-state index contributed by atoms with van der Waals surface area (Å²) in [6, 6.07) is 22.8. The van der Waals surface area contributed by atoms with Crippen molar-refractivity contribution < 1.29 is 14.3 Å². The van der Waals surface area contributed by atoms with E-state index in [1.165, 1.54) is 12.0 Å². The zero-order valence-corrected chi connectivity index (χ0v) is 22.6. The molecule has 0 aliphatic heterocycles. The minimum absolute atomic E-state index is 0.189. The summed E-state index contributed by atoms with van der Waals surface area (Å²) in [7, 11) is 1.53. The van der Waals surface area contributed by atoms with E-state index in [1.807, 2.05) is 50.2 Å². The Morgan fingerprint density at radius 2 is 1.66 bits per heavy atom. The molecule has 38 heavy (non-hydrogen) atoms. The molecule has 1 heterocycles. The van der Waals surface area contributed by atoms with Gasteiger partial charge in [0.05, 0.1) is 34.2 Å². The smallest absolute Gasteiger partial charge is 0.322 e. The van der Waals surface area contributed by atoms with E-state index < -0.39 is 11.9 Å². The number of rotatable bonds is 8. The van der Waals surface area contributed by atoms with Gasteiger partial charge in [0.25, 0.3) is 0 Å². The fourth-order valence-corrected chi connectivity index (χ4v) is 4.09. The minimum Gasteiger partial charge on any atom is -0.495 e. The van der Waals surface area contributed by atoms with Crippen LogP contribution >= 0.6 is 23.2 Å². The Hall–Kier alpha value is -4.01. The molecule has 0 unspecified atom stereocenters. The van der Waals surface area contributed by atoms with Crippen LogP contribution in [0.4, 0.5) is 16.3 Å². The maximum atomic E-state index is 13.2. The molecule has 4 aromatic rings. The molecule has 3 aromatic carbocycles. The van der Waals surface area contributed by atoms with Crippen molar-refractivity contribution in [3.8, 4) is 22.7 Å². The van der Waals surface area contributed by atoms with Gasteiger partial charge < -0.3 is 20.3 Å². The Labute approximate surface area is 231 Å². The van der Waals surface area contributed by atoms with Gasteiger partial charge in [0, 0.05) is 17.7 Å². The lowest BCUT2D eigenvalue weighted by Gasteiger charge is -2.26. The monoisotopic (exact) mass is 551 g/mol. The van der Waals surface area contributed by atoms with Gasteiger partial charge in [0.2, 0.25) is 5.91 Å². The van der Waals surface area contributed by atoms with Gasteiger partial charge in [-0.2, -0.15) is 5.10 Å². The van der Waals surface area contributed by atoms with E-state index >= 15 is 0 Å². The van der Waals surface area contributed by atoms with Gasteiger partial charge >= 0.3 is 6.03 Å². The number of carbonyl (C=O) groups is 2. The molecule has 0 spiro atoms. The lowest BCUT2D eigenvalue weighted by atomic mass is 10.1. The third kappa shape index (κ3) is 6.27. The van der Waals surface area contributed by atoms with Crippen LogP contribution in [0.5, 0.6) is 5.75 Å². The number of benzene rings is 3. The molecule has 1 aromatic heterocycles. The number of aromatic nitrogens is 2. The number of halogens is 2. The first-order chi connectivity index (χ1) is 18.3. The van der Waals surface area contributed by atoms with E-state index in [2.05, 4.69) is 10.6 Å². The van der Waals surface area contributed by atoms with E-state index in [0.717, 1.165) is 5.56 Å². The van der Waals surface area contributed by atoms with Crippen molar-refractivity contribution in [2.45, 2.75) is 19.9 Å². The SMILES string of the molecule is COc1ccccc1NC(=O)N(CC(=O)Nc1cc(-c2ccccc2)nn1-c1ccc(Cl)c(Cl)c1)C(C)C. The first-order valence-electron chi connectivity index (χ1n) is 11.9. The fraction of sp³-hybridized carbons (Fsp3) is 0.179. The first-order valence-corrected chi connectivity index (χ1v) is 12.6. The third-order valence-corrected chi connectivity index (χ3v) is 6.48. The molecular weight excluding hydrogens is 525 g/mol. The zero-order chi connectivity index (χ0) is 27.2. The summed E-state index contributed by atoms with van der Waals surface area (Å²) in [5.41, 5.74) is 2.66. The second-order valence-corrected chi connectivity index (χ2v) is 9.51. The lowest BCUT2D eigenvalue weighted by molar-refractivity contribution is -0.117. The predicted octanol–water partition coefficient (Wildman–Crippen LogP) is 6.74. The number of para-hydroxylation sites is 2. The summed E-state index contributed by atoms with van der Waals surface area (Å²) in [4.78, 5) is 27.7. The molecule has 4 rings (SSSR count). The summed E-state index contributed by atoms with van der Waals surface area (Å²) in [5.74, 6) is 0.545. The molecule has 0 aliphatic carbocycles. The van der Waals surface area contributed by atoms with Crippen LogP contribution in [0.25, 0.3) is 16.9 Å². The van der Waals surface area contributed by atoms with Crippen LogP contribution in [0.15, 0.2) is 78.9 Å². The summed E-state index contributed by atoms with van der Waals surface area (Å²) < 4.78 is 6.90. The van der Waals surface area contributed by atoms with E-state index in [-0.39, 0.29) is 12.6 Å². The van der Waals surface area contributed by atoms with Gasteiger partial charge in [-0.05, 0) is 44.2 Å². The molecular formula is C28H27Cl2N5O3. The first kappa shape index (κ1) is 27.0. The van der Waals surface area contributed by atoms with Gasteiger partial charge in [-0.1, -0.05) is 65.7 Å². The zero-order valence-electron chi connectivity index (χ0n) is 21.1. The van der Waals surface area contributed by atoms with Crippen molar-refractivity contribution in [1.29, 1.82) is 0 Å². The van der Waals surface area contributed by atoms with E-state index in [1.54, 1.807) is 47.1 Å². The third-order valence-electron chi connectivity index (χ3n) is 5.74. The van der Waals surface area contributed by atoms with E-state index in [4.69, 9.17) is 33.0 Å². The Kier molecular flexibility index (Phi) is 8.55. The summed E-state index contributed by atoms with van der Waals surface area (Å²) in [6.07, 6.45) is 0. The molecule has 196 valence electrons. The molecule has 8 nitrogen and oxygen atoms in total. The van der Waals surface area contributed by atoms with Crippen molar-refractivity contribution in [2.24, 2.45) is 0 Å². The molecule has 10 heteroatoms. The number of nitrogens with zero attached hydrogens (tertiary/aromatic N) is 3. The second-order valence-electron chi connectivity index (χ2n) is 8.69. The maximum absolute atomic E-state index is 13.2. The van der Waals surface area contributed by atoms with Crippen LogP contribution in [0.3, 0.4) is 0 Å². The molecule has 0 fully saturated rings. The van der Waals surface area contributed by atoms with Crippen LogP contribution < -0.4 is 15.4 Å². The quantitative estimate of drug-likeness (QED) is 0.254. The van der Waals surface area contributed by atoms with Crippen LogP contribution in [0.1, 0.15) is 13.8 Å². The number of ether oxygens (including phenoxy) is 1. The highest BCUT2D eigenvalue weighted by Crippen LogP contribution is 2.29. The van der Waals surface area contributed by atoms with Gasteiger partial charge in [-0.3, -0.25) is 4.79 Å². The maximum Gasteiger partial charge on any atom is 0.322 e. The van der Waals surface area contributed by atoms with Gasteiger partial charge in [-0.25, -0.2) is 9.48 Å². The fourth-order valence-electron chi connectivity index (χ4n) is 3.79. The Morgan fingerprint density at radius 3 is 2.34 bits per heavy atom. The van der Waals surface area contributed by atoms with Crippen LogP contribution in [0, 0.1) is 0 Å². The molecule has 0 aliphatic rings. The number of nitrogens with one attached hydrogen (secondary N) is 2. The van der Waals surface area contributed by atoms with Crippen molar-refractivity contribution in [3.63, 3.8) is 0 Å². The molecule has 0 radical (unpaired) electrons. The molecule has 0 atom stereocenters. The highest BCUT2D eigenvalue weighted by Gasteiger charge is 2.23.